The van der Waals surface area contributed by atoms with Crippen molar-refractivity contribution in [3.8, 4) is 0 Å². The van der Waals surface area contributed by atoms with E-state index >= 15 is 0 Å². The third kappa shape index (κ3) is 1.32. The summed E-state index contributed by atoms with van der Waals surface area (Å²) < 4.78 is 0. The maximum atomic E-state index is 5.45. The van der Waals surface area contributed by atoms with Gasteiger partial charge in [-0.15, -0.1) is 0 Å². The van der Waals surface area contributed by atoms with Crippen LogP contribution in [0.2, 0.25) is 0 Å². The van der Waals surface area contributed by atoms with E-state index in [-0.39, 0.29) is 0 Å². The summed E-state index contributed by atoms with van der Waals surface area (Å²) in [4.78, 5) is 8.44. The van der Waals surface area contributed by atoms with Crippen LogP contribution in [0.1, 0.15) is 36.7 Å². The quantitative estimate of drug-likeness (QED) is 0.712. The SMILES string of the molecule is NCc1nccc(C2CCC2)n1. The number of aromatic nitrogens is 2. The fraction of sp³-hybridized carbons (Fsp3) is 0.556. The van der Waals surface area contributed by atoms with Gasteiger partial charge in [-0.1, -0.05) is 6.42 Å². The number of hydrogen-bond donors (Lipinski definition) is 1. The summed E-state index contributed by atoms with van der Waals surface area (Å²) in [5.41, 5.74) is 6.63. The molecule has 1 saturated carbocycles. The molecule has 0 unspecified atom stereocenters. The van der Waals surface area contributed by atoms with Crippen molar-refractivity contribution in [2.24, 2.45) is 5.73 Å². The monoisotopic (exact) mass is 163 g/mol. The van der Waals surface area contributed by atoms with E-state index in [1.807, 2.05) is 12.3 Å². The molecule has 12 heavy (non-hydrogen) atoms. The van der Waals surface area contributed by atoms with E-state index in [0.29, 0.717) is 12.5 Å². The van der Waals surface area contributed by atoms with Gasteiger partial charge in [0.15, 0.2) is 0 Å². The summed E-state index contributed by atoms with van der Waals surface area (Å²) in [5, 5.41) is 0. The molecule has 3 heteroatoms. The molecule has 1 aromatic rings. The van der Waals surface area contributed by atoms with E-state index in [1.54, 1.807) is 0 Å². The number of rotatable bonds is 2. The van der Waals surface area contributed by atoms with Crippen molar-refractivity contribution in [1.29, 1.82) is 0 Å². The zero-order valence-electron chi connectivity index (χ0n) is 7.03. The molecule has 64 valence electrons. The van der Waals surface area contributed by atoms with Crippen LogP contribution in [0.5, 0.6) is 0 Å². The molecule has 1 fully saturated rings. The summed E-state index contributed by atoms with van der Waals surface area (Å²) in [7, 11) is 0. The minimum Gasteiger partial charge on any atom is -0.324 e. The summed E-state index contributed by atoms with van der Waals surface area (Å²) in [6.07, 6.45) is 5.71. The Balaban J connectivity index is 2.19. The molecule has 0 aromatic carbocycles. The molecule has 0 bridgehead atoms. The second-order valence-corrected chi connectivity index (χ2v) is 3.23. The lowest BCUT2D eigenvalue weighted by Crippen LogP contribution is -2.13. The van der Waals surface area contributed by atoms with Crippen LogP contribution in [0.25, 0.3) is 0 Å². The van der Waals surface area contributed by atoms with Gasteiger partial charge in [0.25, 0.3) is 0 Å². The zero-order chi connectivity index (χ0) is 8.39. The number of nitrogens with zero attached hydrogens (tertiary/aromatic N) is 2. The molecule has 0 saturated heterocycles. The Bertz CT molecular complexity index is 268. The predicted octanol–water partition coefficient (Wildman–Crippen LogP) is 1.20. The van der Waals surface area contributed by atoms with Crippen molar-refractivity contribution in [1.82, 2.24) is 9.97 Å². The Kier molecular flexibility index (Phi) is 2.04. The maximum Gasteiger partial charge on any atom is 0.142 e. The van der Waals surface area contributed by atoms with Crippen molar-refractivity contribution in [2.75, 3.05) is 0 Å². The lowest BCUT2D eigenvalue weighted by molar-refractivity contribution is 0.409. The first kappa shape index (κ1) is 7.68. The average molecular weight is 163 g/mol. The van der Waals surface area contributed by atoms with E-state index in [0.717, 1.165) is 5.82 Å². The Morgan fingerprint density at radius 1 is 1.50 bits per heavy atom. The molecule has 0 atom stereocenters. The summed E-state index contributed by atoms with van der Waals surface area (Å²) in [5.74, 6) is 1.44. The second kappa shape index (κ2) is 3.19. The minimum atomic E-state index is 0.445. The molecule has 0 aliphatic heterocycles. The fourth-order valence-electron chi connectivity index (χ4n) is 1.44. The van der Waals surface area contributed by atoms with Crippen molar-refractivity contribution >= 4 is 0 Å². The molecule has 2 N–H and O–H groups in total. The Morgan fingerprint density at radius 2 is 2.33 bits per heavy atom. The van der Waals surface area contributed by atoms with E-state index in [4.69, 9.17) is 5.73 Å². The molecule has 1 aromatic heterocycles. The van der Waals surface area contributed by atoms with Crippen molar-refractivity contribution in [3.05, 3.63) is 23.8 Å². The highest BCUT2D eigenvalue weighted by Gasteiger charge is 2.20. The summed E-state index contributed by atoms with van der Waals surface area (Å²) >= 11 is 0. The van der Waals surface area contributed by atoms with Gasteiger partial charge in [-0.05, 0) is 18.9 Å². The number of nitrogens with two attached hydrogens (primary N) is 1. The molecule has 2 rings (SSSR count). The van der Waals surface area contributed by atoms with E-state index in [9.17, 15) is 0 Å². The van der Waals surface area contributed by atoms with Crippen molar-refractivity contribution in [2.45, 2.75) is 31.7 Å². The second-order valence-electron chi connectivity index (χ2n) is 3.23. The number of hydrogen-bond acceptors (Lipinski definition) is 3. The Hall–Kier alpha value is -0.960. The largest absolute Gasteiger partial charge is 0.324 e. The first-order valence-corrected chi connectivity index (χ1v) is 4.42. The summed E-state index contributed by atoms with van der Waals surface area (Å²) in [6, 6.07) is 2.00. The van der Waals surface area contributed by atoms with Crippen LogP contribution in [0, 0.1) is 0 Å². The van der Waals surface area contributed by atoms with Crippen LogP contribution in [-0.4, -0.2) is 9.97 Å². The van der Waals surface area contributed by atoms with Crippen LogP contribution in [0.3, 0.4) is 0 Å². The average Bonchev–Trinajstić information content (AvgIpc) is 2.02. The summed E-state index contributed by atoms with van der Waals surface area (Å²) in [6.45, 7) is 0.445. The first-order chi connectivity index (χ1) is 5.90. The van der Waals surface area contributed by atoms with Crippen molar-refractivity contribution in [3.63, 3.8) is 0 Å². The van der Waals surface area contributed by atoms with Crippen LogP contribution < -0.4 is 5.73 Å². The third-order valence-corrected chi connectivity index (χ3v) is 2.43. The van der Waals surface area contributed by atoms with E-state index in [2.05, 4.69) is 9.97 Å². The van der Waals surface area contributed by atoms with Gasteiger partial charge >= 0.3 is 0 Å². The molecule has 0 radical (unpaired) electrons. The standard InChI is InChI=1S/C9H13N3/c10-6-9-11-5-4-8(12-9)7-2-1-3-7/h4-5,7H,1-3,6,10H2. The molecular weight excluding hydrogens is 150 g/mol. The lowest BCUT2D eigenvalue weighted by Gasteiger charge is -2.24. The molecule has 3 nitrogen and oxygen atoms in total. The normalized spacial score (nSPS) is 17.4. The highest BCUT2D eigenvalue weighted by atomic mass is 14.9. The molecule has 0 amide bonds. The maximum absolute atomic E-state index is 5.45. The van der Waals surface area contributed by atoms with Crippen LogP contribution in [0.15, 0.2) is 12.3 Å². The topological polar surface area (TPSA) is 51.8 Å². The predicted molar refractivity (Wildman–Crippen MR) is 46.5 cm³/mol. The van der Waals surface area contributed by atoms with Crippen LogP contribution in [0.4, 0.5) is 0 Å². The molecular formula is C9H13N3. The molecule has 1 aliphatic rings. The van der Waals surface area contributed by atoms with E-state index < -0.39 is 0 Å². The molecule has 0 spiro atoms. The van der Waals surface area contributed by atoms with Crippen LogP contribution in [-0.2, 0) is 6.54 Å². The molecule has 1 aliphatic carbocycles. The van der Waals surface area contributed by atoms with Gasteiger partial charge in [-0.25, -0.2) is 9.97 Å². The van der Waals surface area contributed by atoms with Gasteiger partial charge in [-0.3, -0.25) is 0 Å². The van der Waals surface area contributed by atoms with E-state index in [1.165, 1.54) is 25.0 Å². The fourth-order valence-corrected chi connectivity index (χ4v) is 1.44. The Labute approximate surface area is 72.0 Å². The first-order valence-electron chi connectivity index (χ1n) is 4.42. The smallest absolute Gasteiger partial charge is 0.142 e. The van der Waals surface area contributed by atoms with Crippen LogP contribution >= 0.6 is 0 Å². The van der Waals surface area contributed by atoms with Gasteiger partial charge in [0.1, 0.15) is 5.82 Å². The van der Waals surface area contributed by atoms with Gasteiger partial charge < -0.3 is 5.73 Å². The van der Waals surface area contributed by atoms with Gasteiger partial charge in [0.05, 0.1) is 6.54 Å². The van der Waals surface area contributed by atoms with Gasteiger partial charge in [0.2, 0.25) is 0 Å². The van der Waals surface area contributed by atoms with Gasteiger partial charge in [-0.2, -0.15) is 0 Å². The van der Waals surface area contributed by atoms with Crippen molar-refractivity contribution < 1.29 is 0 Å². The van der Waals surface area contributed by atoms with Gasteiger partial charge in [0, 0.05) is 17.8 Å². The Morgan fingerprint density at radius 3 is 2.92 bits per heavy atom. The highest BCUT2D eigenvalue weighted by molar-refractivity contribution is 5.11. The minimum absolute atomic E-state index is 0.445. The zero-order valence-corrected chi connectivity index (χ0v) is 7.03. The lowest BCUT2D eigenvalue weighted by atomic mass is 9.83. The highest BCUT2D eigenvalue weighted by Crippen LogP contribution is 2.34. The third-order valence-electron chi connectivity index (χ3n) is 2.43. The molecule has 1 heterocycles.